The average Bonchev–Trinajstić information content (AvgIpc) is 3.01. The van der Waals surface area contributed by atoms with E-state index in [2.05, 4.69) is 25.8 Å². The highest BCUT2D eigenvalue weighted by molar-refractivity contribution is 9.10. The Morgan fingerprint density at radius 3 is 2.90 bits per heavy atom. The molecule has 2 aromatic rings. The average molecular weight is 359 g/mol. The van der Waals surface area contributed by atoms with Crippen molar-refractivity contribution in [3.63, 3.8) is 0 Å². The smallest absolute Gasteiger partial charge is 0.124 e. The van der Waals surface area contributed by atoms with Crippen molar-refractivity contribution in [2.75, 3.05) is 13.1 Å². The predicted molar refractivity (Wildman–Crippen MR) is 81.1 cm³/mol. The van der Waals surface area contributed by atoms with Gasteiger partial charge in [-0.1, -0.05) is 17.7 Å². The normalized spacial score (nSPS) is 19.6. The molecule has 0 N–H and O–H groups in total. The van der Waals surface area contributed by atoms with Crippen LogP contribution in [0.15, 0.2) is 35.3 Å². The van der Waals surface area contributed by atoms with E-state index < -0.39 is 6.17 Å². The summed E-state index contributed by atoms with van der Waals surface area (Å²) in [5.74, 6) is 0. The minimum absolute atomic E-state index is 0.506. The van der Waals surface area contributed by atoms with Gasteiger partial charge in [-0.2, -0.15) is 0 Å². The Morgan fingerprint density at radius 2 is 2.30 bits per heavy atom. The molecule has 2 heterocycles. The molecule has 1 saturated heterocycles. The summed E-state index contributed by atoms with van der Waals surface area (Å²) in [6, 6.07) is 5.91. The van der Waals surface area contributed by atoms with Crippen molar-refractivity contribution < 1.29 is 4.39 Å². The van der Waals surface area contributed by atoms with Gasteiger partial charge in [-0.15, -0.1) is 0 Å². The van der Waals surface area contributed by atoms with Crippen molar-refractivity contribution in [3.8, 4) is 5.69 Å². The molecule has 20 heavy (non-hydrogen) atoms. The highest BCUT2D eigenvalue weighted by Gasteiger charge is 2.22. The first-order valence-electron chi connectivity index (χ1n) is 6.46. The maximum atomic E-state index is 13.2. The number of hydrogen-bond donors (Lipinski definition) is 0. The van der Waals surface area contributed by atoms with Crippen LogP contribution in [-0.4, -0.2) is 33.7 Å². The van der Waals surface area contributed by atoms with Crippen LogP contribution in [0.5, 0.6) is 0 Å². The van der Waals surface area contributed by atoms with E-state index in [1.807, 2.05) is 29.0 Å². The van der Waals surface area contributed by atoms with Crippen molar-refractivity contribution in [2.24, 2.45) is 0 Å². The Labute approximate surface area is 130 Å². The molecular weight excluding hydrogens is 345 g/mol. The largest absolute Gasteiger partial charge is 0.305 e. The van der Waals surface area contributed by atoms with Crippen molar-refractivity contribution >= 4 is 27.5 Å². The molecule has 1 aliphatic heterocycles. The molecule has 1 aromatic heterocycles. The van der Waals surface area contributed by atoms with E-state index in [9.17, 15) is 4.39 Å². The second-order valence-corrected chi connectivity index (χ2v) is 6.22. The van der Waals surface area contributed by atoms with Crippen molar-refractivity contribution in [1.29, 1.82) is 0 Å². The quantitative estimate of drug-likeness (QED) is 0.831. The molecular formula is C14H14BrClFN3. The van der Waals surface area contributed by atoms with Crippen LogP contribution >= 0.6 is 27.5 Å². The fraction of sp³-hybridized carbons (Fsp3) is 0.357. The van der Waals surface area contributed by atoms with Gasteiger partial charge in [-0.05, 0) is 40.0 Å². The minimum Gasteiger partial charge on any atom is -0.305 e. The molecule has 106 valence electrons. The van der Waals surface area contributed by atoms with E-state index in [1.165, 1.54) is 0 Å². The molecule has 0 unspecified atom stereocenters. The predicted octanol–water partition coefficient (Wildman–Crippen LogP) is 3.83. The molecule has 1 fully saturated rings. The van der Waals surface area contributed by atoms with Crippen molar-refractivity contribution in [3.05, 3.63) is 45.9 Å². The number of halogens is 3. The zero-order valence-corrected chi connectivity index (χ0v) is 13.1. The number of rotatable bonds is 3. The molecule has 1 aromatic carbocycles. The molecule has 0 bridgehead atoms. The maximum absolute atomic E-state index is 13.2. The SMILES string of the molecule is F[C@@H]1CCN(Cc2ccc(-n3cnc(Br)c3)cc2Cl)C1. The summed E-state index contributed by atoms with van der Waals surface area (Å²) in [5, 5.41) is 0.703. The van der Waals surface area contributed by atoms with Gasteiger partial charge in [0.25, 0.3) is 0 Å². The van der Waals surface area contributed by atoms with Crippen LogP contribution in [0.25, 0.3) is 5.69 Å². The van der Waals surface area contributed by atoms with Gasteiger partial charge in [0.15, 0.2) is 0 Å². The molecule has 0 saturated carbocycles. The lowest BCUT2D eigenvalue weighted by Crippen LogP contribution is -2.20. The number of alkyl halides is 1. The van der Waals surface area contributed by atoms with Gasteiger partial charge in [0.2, 0.25) is 0 Å². The summed E-state index contributed by atoms with van der Waals surface area (Å²) in [5.41, 5.74) is 1.99. The van der Waals surface area contributed by atoms with Gasteiger partial charge in [0.05, 0.1) is 0 Å². The Bertz CT molecular complexity index is 616. The molecule has 0 spiro atoms. The number of likely N-dealkylation sites (tertiary alicyclic amines) is 1. The molecule has 1 atom stereocenters. The van der Waals surface area contributed by atoms with E-state index in [-0.39, 0.29) is 0 Å². The Hall–Kier alpha value is -0.910. The maximum Gasteiger partial charge on any atom is 0.124 e. The zero-order chi connectivity index (χ0) is 14.1. The van der Waals surface area contributed by atoms with Gasteiger partial charge < -0.3 is 4.57 Å². The lowest BCUT2D eigenvalue weighted by molar-refractivity contribution is 0.282. The number of imidazole rings is 1. The Kier molecular flexibility index (Phi) is 4.10. The van der Waals surface area contributed by atoms with Gasteiger partial charge in [0, 0.05) is 36.5 Å². The first-order chi connectivity index (χ1) is 9.61. The van der Waals surface area contributed by atoms with E-state index >= 15 is 0 Å². The van der Waals surface area contributed by atoms with Crippen LogP contribution in [0.3, 0.4) is 0 Å². The van der Waals surface area contributed by atoms with Gasteiger partial charge in [-0.3, -0.25) is 4.90 Å². The summed E-state index contributed by atoms with van der Waals surface area (Å²) >= 11 is 9.65. The molecule has 1 aliphatic rings. The monoisotopic (exact) mass is 357 g/mol. The highest BCUT2D eigenvalue weighted by Crippen LogP contribution is 2.24. The summed E-state index contributed by atoms with van der Waals surface area (Å²) < 4.78 is 15.9. The third kappa shape index (κ3) is 3.05. The van der Waals surface area contributed by atoms with Gasteiger partial charge >= 0.3 is 0 Å². The summed E-state index contributed by atoms with van der Waals surface area (Å²) in [6.45, 7) is 2.01. The second-order valence-electron chi connectivity index (χ2n) is 5.00. The molecule has 0 amide bonds. The highest BCUT2D eigenvalue weighted by atomic mass is 79.9. The van der Waals surface area contributed by atoms with Crippen LogP contribution in [-0.2, 0) is 6.54 Å². The molecule has 0 aliphatic carbocycles. The van der Waals surface area contributed by atoms with Crippen LogP contribution in [0.4, 0.5) is 4.39 Å². The molecule has 6 heteroatoms. The van der Waals surface area contributed by atoms with E-state index in [0.717, 1.165) is 22.4 Å². The van der Waals surface area contributed by atoms with E-state index in [1.54, 1.807) is 6.33 Å². The summed E-state index contributed by atoms with van der Waals surface area (Å²) in [7, 11) is 0. The Balaban J connectivity index is 1.77. The first kappa shape index (κ1) is 14.0. The molecule has 3 rings (SSSR count). The summed E-state index contributed by atoms with van der Waals surface area (Å²) in [4.78, 5) is 6.22. The first-order valence-corrected chi connectivity index (χ1v) is 7.63. The van der Waals surface area contributed by atoms with E-state index in [0.29, 0.717) is 24.5 Å². The third-order valence-electron chi connectivity index (χ3n) is 3.49. The van der Waals surface area contributed by atoms with E-state index in [4.69, 9.17) is 11.6 Å². The van der Waals surface area contributed by atoms with Crippen molar-refractivity contribution in [1.82, 2.24) is 14.5 Å². The minimum atomic E-state index is -0.698. The number of hydrogen-bond acceptors (Lipinski definition) is 2. The fourth-order valence-corrected chi connectivity index (χ4v) is 2.98. The molecule has 0 radical (unpaired) electrons. The van der Waals surface area contributed by atoms with Gasteiger partial charge in [-0.25, -0.2) is 9.37 Å². The third-order valence-corrected chi connectivity index (χ3v) is 4.26. The zero-order valence-electron chi connectivity index (χ0n) is 10.8. The fourth-order valence-electron chi connectivity index (χ4n) is 2.43. The standard InChI is InChI=1S/C14H14BrClFN3/c15-14-8-20(9-18-14)12-2-1-10(13(16)5-12)6-19-4-3-11(17)7-19/h1-2,5,8-9,11H,3-4,6-7H2/t11-/m1/s1. The van der Waals surface area contributed by atoms with Crippen LogP contribution < -0.4 is 0 Å². The van der Waals surface area contributed by atoms with Gasteiger partial charge in [0.1, 0.15) is 17.1 Å². The number of benzene rings is 1. The number of nitrogens with zero attached hydrogens (tertiary/aromatic N) is 3. The number of aromatic nitrogens is 2. The Morgan fingerprint density at radius 1 is 1.45 bits per heavy atom. The topological polar surface area (TPSA) is 21.1 Å². The van der Waals surface area contributed by atoms with Crippen molar-refractivity contribution in [2.45, 2.75) is 19.1 Å². The molecule has 3 nitrogen and oxygen atoms in total. The van der Waals surface area contributed by atoms with Crippen LogP contribution in [0.1, 0.15) is 12.0 Å². The summed E-state index contributed by atoms with van der Waals surface area (Å²) in [6.07, 6.45) is 3.53. The van der Waals surface area contributed by atoms with Crippen LogP contribution in [0.2, 0.25) is 5.02 Å². The lowest BCUT2D eigenvalue weighted by atomic mass is 10.2. The lowest BCUT2D eigenvalue weighted by Gasteiger charge is -2.16. The van der Waals surface area contributed by atoms with Crippen LogP contribution in [0, 0.1) is 0 Å². The second kappa shape index (κ2) is 5.84.